The molecule has 0 aliphatic rings. The molecular weight excluding hydrogens is 388 g/mol. The van der Waals surface area contributed by atoms with Crippen LogP contribution in [0.1, 0.15) is 154 Å². The third-order valence-corrected chi connectivity index (χ3v) is 6.73. The number of hydrogen-bond acceptors (Lipinski definition) is 1. The highest BCUT2D eigenvalue weighted by atomic mass is 16.5. The zero-order valence-corrected chi connectivity index (χ0v) is 22.0. The molecule has 0 aliphatic carbocycles. The van der Waals surface area contributed by atoms with Crippen molar-refractivity contribution in [2.24, 2.45) is 0 Å². The monoisotopic (exact) mass is 444 g/mol. The Morgan fingerprint density at radius 3 is 1.44 bits per heavy atom. The molecule has 0 unspecified atom stereocenters. The largest absolute Gasteiger partial charge is 0.494 e. The topological polar surface area (TPSA) is 9.23 Å². The molecule has 0 saturated carbocycles. The van der Waals surface area contributed by atoms with Crippen LogP contribution in [-0.4, -0.2) is 6.61 Å². The first-order chi connectivity index (χ1) is 15.9. The van der Waals surface area contributed by atoms with E-state index in [0.29, 0.717) is 0 Å². The molecule has 1 aromatic carbocycles. The third-order valence-electron chi connectivity index (χ3n) is 6.73. The Kier molecular flexibility index (Phi) is 21.1. The molecule has 0 radical (unpaired) electrons. The lowest BCUT2D eigenvalue weighted by atomic mass is 10.0. The number of rotatable bonds is 24. The molecule has 0 fully saturated rings. The van der Waals surface area contributed by atoms with Gasteiger partial charge in [0.2, 0.25) is 0 Å². The van der Waals surface area contributed by atoms with Crippen LogP contribution in [-0.2, 0) is 6.42 Å². The lowest BCUT2D eigenvalue weighted by molar-refractivity contribution is 0.304. The zero-order chi connectivity index (χ0) is 23.0. The van der Waals surface area contributed by atoms with Crippen molar-refractivity contribution in [1.82, 2.24) is 0 Å². The molecule has 0 N–H and O–H groups in total. The Bertz CT molecular complexity index is 495. The number of unbranched alkanes of at least 4 members (excludes halogenated alkanes) is 19. The highest BCUT2D eigenvalue weighted by Crippen LogP contribution is 2.18. The molecule has 1 aromatic rings. The molecule has 0 heterocycles. The van der Waals surface area contributed by atoms with Gasteiger partial charge in [0.05, 0.1) is 6.61 Å². The summed E-state index contributed by atoms with van der Waals surface area (Å²) in [7, 11) is 0. The normalized spacial score (nSPS) is 11.2. The smallest absolute Gasteiger partial charge is 0.119 e. The lowest BCUT2D eigenvalue weighted by Crippen LogP contribution is -1.98. The van der Waals surface area contributed by atoms with E-state index >= 15 is 0 Å². The molecule has 0 aromatic heterocycles. The Labute approximate surface area is 202 Å². The predicted octanol–water partition coefficient (Wildman–Crippen LogP) is 10.8. The van der Waals surface area contributed by atoms with Gasteiger partial charge in [-0.3, -0.25) is 0 Å². The first-order valence-electron chi connectivity index (χ1n) is 14.6. The molecular formula is C31H56O. The number of ether oxygens (including phenoxy) is 1. The van der Waals surface area contributed by atoms with Crippen LogP contribution in [0.15, 0.2) is 24.3 Å². The SMILES string of the molecule is CCCCCCCCCCCCCCCc1cccc(OCCCCCCCCCC)c1. The van der Waals surface area contributed by atoms with E-state index in [1.807, 2.05) is 0 Å². The molecule has 1 heteroatoms. The second kappa shape index (κ2) is 23.2. The van der Waals surface area contributed by atoms with Crippen LogP contribution in [0.5, 0.6) is 5.75 Å². The molecule has 0 amide bonds. The molecule has 186 valence electrons. The van der Waals surface area contributed by atoms with Crippen LogP contribution in [0.2, 0.25) is 0 Å². The summed E-state index contributed by atoms with van der Waals surface area (Å²) in [6, 6.07) is 8.83. The van der Waals surface area contributed by atoms with Crippen molar-refractivity contribution in [1.29, 1.82) is 0 Å². The van der Waals surface area contributed by atoms with Crippen molar-refractivity contribution in [2.45, 2.75) is 155 Å². The van der Waals surface area contributed by atoms with Crippen LogP contribution in [0.25, 0.3) is 0 Å². The van der Waals surface area contributed by atoms with Gasteiger partial charge in [0.1, 0.15) is 5.75 Å². The van der Waals surface area contributed by atoms with E-state index < -0.39 is 0 Å². The van der Waals surface area contributed by atoms with E-state index in [2.05, 4.69) is 38.1 Å². The van der Waals surface area contributed by atoms with Crippen molar-refractivity contribution in [3.8, 4) is 5.75 Å². The molecule has 0 aliphatic heterocycles. The van der Waals surface area contributed by atoms with Gasteiger partial charge in [-0.05, 0) is 37.0 Å². The van der Waals surface area contributed by atoms with E-state index in [-0.39, 0.29) is 0 Å². The first-order valence-corrected chi connectivity index (χ1v) is 14.6. The summed E-state index contributed by atoms with van der Waals surface area (Å²) < 4.78 is 6.01. The highest BCUT2D eigenvalue weighted by Gasteiger charge is 1.99. The predicted molar refractivity (Wildman–Crippen MR) is 144 cm³/mol. The Hall–Kier alpha value is -0.980. The van der Waals surface area contributed by atoms with Gasteiger partial charge in [-0.25, -0.2) is 0 Å². The van der Waals surface area contributed by atoms with E-state index in [4.69, 9.17) is 4.74 Å². The molecule has 0 bridgehead atoms. The maximum Gasteiger partial charge on any atom is 0.119 e. The van der Waals surface area contributed by atoms with Crippen molar-refractivity contribution < 1.29 is 4.74 Å². The van der Waals surface area contributed by atoms with Gasteiger partial charge in [0.15, 0.2) is 0 Å². The minimum absolute atomic E-state index is 0.872. The van der Waals surface area contributed by atoms with Crippen molar-refractivity contribution in [2.75, 3.05) is 6.61 Å². The first kappa shape index (κ1) is 29.1. The van der Waals surface area contributed by atoms with Crippen LogP contribution in [0.3, 0.4) is 0 Å². The maximum atomic E-state index is 6.01. The maximum absolute atomic E-state index is 6.01. The zero-order valence-electron chi connectivity index (χ0n) is 22.0. The van der Waals surface area contributed by atoms with Crippen molar-refractivity contribution in [3.05, 3.63) is 29.8 Å². The van der Waals surface area contributed by atoms with Gasteiger partial charge in [-0.2, -0.15) is 0 Å². The van der Waals surface area contributed by atoms with Crippen molar-refractivity contribution >= 4 is 0 Å². The quantitative estimate of drug-likeness (QED) is 0.144. The minimum atomic E-state index is 0.872. The summed E-state index contributed by atoms with van der Waals surface area (Å²) >= 11 is 0. The molecule has 0 atom stereocenters. The summed E-state index contributed by atoms with van der Waals surface area (Å²) in [5, 5.41) is 0. The van der Waals surface area contributed by atoms with Crippen LogP contribution in [0, 0.1) is 0 Å². The van der Waals surface area contributed by atoms with Gasteiger partial charge in [0, 0.05) is 0 Å². The van der Waals surface area contributed by atoms with Gasteiger partial charge in [-0.1, -0.05) is 148 Å². The van der Waals surface area contributed by atoms with Crippen LogP contribution in [0.4, 0.5) is 0 Å². The molecule has 32 heavy (non-hydrogen) atoms. The van der Waals surface area contributed by atoms with Crippen molar-refractivity contribution in [3.63, 3.8) is 0 Å². The van der Waals surface area contributed by atoms with E-state index in [1.54, 1.807) is 0 Å². The van der Waals surface area contributed by atoms with Gasteiger partial charge >= 0.3 is 0 Å². The summed E-state index contributed by atoms with van der Waals surface area (Å²) in [6.45, 7) is 5.45. The fourth-order valence-corrected chi connectivity index (χ4v) is 4.56. The van der Waals surface area contributed by atoms with Gasteiger partial charge in [-0.15, -0.1) is 0 Å². The summed E-state index contributed by atoms with van der Waals surface area (Å²) in [5.74, 6) is 1.07. The highest BCUT2D eigenvalue weighted by molar-refractivity contribution is 5.28. The third kappa shape index (κ3) is 18.6. The Morgan fingerprint density at radius 1 is 0.500 bits per heavy atom. The van der Waals surface area contributed by atoms with Gasteiger partial charge < -0.3 is 4.74 Å². The summed E-state index contributed by atoms with van der Waals surface area (Å²) in [6.07, 6.45) is 30.5. The summed E-state index contributed by atoms with van der Waals surface area (Å²) in [4.78, 5) is 0. The Balaban J connectivity index is 1.93. The number of aryl methyl sites for hydroxylation is 1. The lowest BCUT2D eigenvalue weighted by Gasteiger charge is -2.08. The minimum Gasteiger partial charge on any atom is -0.494 e. The average Bonchev–Trinajstić information content (AvgIpc) is 2.81. The number of hydrogen-bond donors (Lipinski definition) is 0. The molecule has 1 nitrogen and oxygen atoms in total. The van der Waals surface area contributed by atoms with Crippen LogP contribution < -0.4 is 4.74 Å². The molecule has 0 saturated heterocycles. The number of benzene rings is 1. The fraction of sp³-hybridized carbons (Fsp3) is 0.806. The van der Waals surface area contributed by atoms with Gasteiger partial charge in [0.25, 0.3) is 0 Å². The fourth-order valence-electron chi connectivity index (χ4n) is 4.56. The molecule has 0 spiro atoms. The van der Waals surface area contributed by atoms with Crippen LogP contribution >= 0.6 is 0 Å². The average molecular weight is 445 g/mol. The second-order valence-electron chi connectivity index (χ2n) is 9.96. The Morgan fingerprint density at radius 2 is 0.938 bits per heavy atom. The standard InChI is InChI=1S/C31H56O/c1-3-5-7-9-11-13-14-15-16-17-18-20-22-25-30-26-24-27-31(29-30)32-28-23-21-19-12-10-8-6-4-2/h24,26-27,29H,3-23,25,28H2,1-2H3. The van der Waals surface area contributed by atoms with E-state index in [9.17, 15) is 0 Å². The van der Waals surface area contributed by atoms with E-state index in [1.165, 1.54) is 147 Å². The second-order valence-corrected chi connectivity index (χ2v) is 9.96. The molecule has 1 rings (SSSR count). The summed E-state index contributed by atoms with van der Waals surface area (Å²) in [5.41, 5.74) is 1.45. The van der Waals surface area contributed by atoms with E-state index in [0.717, 1.165) is 12.4 Å².